The molecule has 11 heteroatoms. The summed E-state index contributed by atoms with van der Waals surface area (Å²) in [6.45, 7) is 32.8. The zero-order valence-electron chi connectivity index (χ0n) is 32.2. The summed E-state index contributed by atoms with van der Waals surface area (Å²) in [6, 6.07) is 0. The van der Waals surface area contributed by atoms with Crippen molar-refractivity contribution in [3.05, 3.63) is 75.9 Å². The zero-order valence-corrected chi connectivity index (χ0v) is 32.2. The van der Waals surface area contributed by atoms with Gasteiger partial charge in [0.2, 0.25) is 0 Å². The van der Waals surface area contributed by atoms with E-state index in [1.54, 1.807) is 36.5 Å². The molecule has 11 nitrogen and oxygen atoms in total. The van der Waals surface area contributed by atoms with Gasteiger partial charge in [0.05, 0.1) is 90.1 Å². The zero-order chi connectivity index (χ0) is 38.7. The van der Waals surface area contributed by atoms with E-state index < -0.39 is 16.9 Å². The van der Waals surface area contributed by atoms with Crippen LogP contribution in [0.5, 0.6) is 0 Å². The average molecular weight is 734 g/mol. The lowest BCUT2D eigenvalue weighted by Crippen LogP contribution is -2.48. The molecule has 0 saturated heterocycles. The highest BCUT2D eigenvalue weighted by Gasteiger charge is 2.43. The first-order chi connectivity index (χ1) is 25.0. The minimum absolute atomic E-state index is 0.0127. The maximum atomic E-state index is 13.3. The van der Waals surface area contributed by atoms with E-state index in [4.69, 9.17) is 37.9 Å². The summed E-state index contributed by atoms with van der Waals surface area (Å²) in [5, 5.41) is 3.00. The van der Waals surface area contributed by atoms with E-state index in [9.17, 15) is 9.59 Å². The van der Waals surface area contributed by atoms with Crippen molar-refractivity contribution in [1.82, 2.24) is 5.32 Å². The lowest BCUT2D eigenvalue weighted by Gasteiger charge is -2.47. The molecule has 1 N–H and O–H groups in total. The molecule has 1 amide bonds. The van der Waals surface area contributed by atoms with Gasteiger partial charge >= 0.3 is 12.1 Å². The molecule has 1 aliphatic rings. The predicted octanol–water partition coefficient (Wildman–Crippen LogP) is 6.52. The number of carbonyl (C=O) groups excluding carboxylic acids is 2. The molecular weight excluding hydrogens is 666 g/mol. The average Bonchev–Trinajstić information content (AvgIpc) is 3.12. The second kappa shape index (κ2) is 26.7. The molecule has 0 aromatic heterocycles. The largest absolute Gasteiger partial charge is 0.465 e. The van der Waals surface area contributed by atoms with Gasteiger partial charge in [-0.3, -0.25) is 4.79 Å². The van der Waals surface area contributed by atoms with Gasteiger partial charge in [0.25, 0.3) is 0 Å². The SMILES string of the molecule is C=CCOCC(COCC=C)(COCC=C)COC(=O)CC1CC(C)C(C)C(C)(CNC(=O)OCC(COCC=C)(COCC=C)COCC=C)C1. The Labute approximate surface area is 313 Å². The molecule has 1 fully saturated rings. The quantitative estimate of drug-likeness (QED) is 0.0465. The highest BCUT2D eigenvalue weighted by Crippen LogP contribution is 2.47. The van der Waals surface area contributed by atoms with Crippen LogP contribution in [0.1, 0.15) is 40.0 Å². The monoisotopic (exact) mass is 733 g/mol. The number of nitrogens with one attached hydrogen (secondary N) is 1. The van der Waals surface area contributed by atoms with Crippen LogP contribution < -0.4 is 5.32 Å². The van der Waals surface area contributed by atoms with Crippen molar-refractivity contribution in [3.8, 4) is 0 Å². The van der Waals surface area contributed by atoms with E-state index in [1.165, 1.54) is 0 Å². The van der Waals surface area contributed by atoms with Crippen molar-refractivity contribution in [2.24, 2.45) is 34.0 Å². The van der Waals surface area contributed by atoms with Crippen LogP contribution in [0.4, 0.5) is 4.79 Å². The van der Waals surface area contributed by atoms with Crippen LogP contribution in [0.15, 0.2) is 75.9 Å². The van der Waals surface area contributed by atoms with Gasteiger partial charge in [-0.15, -0.1) is 39.5 Å². The smallest absolute Gasteiger partial charge is 0.407 e. The van der Waals surface area contributed by atoms with Crippen LogP contribution in [0.2, 0.25) is 0 Å². The number of ether oxygens (including phenoxy) is 8. The molecule has 1 rings (SSSR count). The van der Waals surface area contributed by atoms with E-state index >= 15 is 0 Å². The van der Waals surface area contributed by atoms with Crippen LogP contribution in [0.25, 0.3) is 0 Å². The van der Waals surface area contributed by atoms with Crippen LogP contribution in [0, 0.1) is 34.0 Å². The number of alkyl carbamates (subject to hydrolysis) is 1. The van der Waals surface area contributed by atoms with Crippen LogP contribution in [-0.2, 0) is 42.7 Å². The number of esters is 1. The van der Waals surface area contributed by atoms with Gasteiger partial charge in [-0.05, 0) is 36.0 Å². The Morgan fingerprint density at radius 1 is 0.635 bits per heavy atom. The third-order valence-corrected chi connectivity index (χ3v) is 9.42. The van der Waals surface area contributed by atoms with Gasteiger partial charge in [-0.2, -0.15) is 0 Å². The van der Waals surface area contributed by atoms with Crippen LogP contribution >= 0.6 is 0 Å². The van der Waals surface area contributed by atoms with Crippen molar-refractivity contribution in [2.45, 2.75) is 40.0 Å². The summed E-state index contributed by atoms with van der Waals surface area (Å²) < 4.78 is 46.4. The molecule has 0 aromatic carbocycles. The molecule has 4 atom stereocenters. The van der Waals surface area contributed by atoms with Gasteiger partial charge in [0.1, 0.15) is 13.2 Å². The summed E-state index contributed by atoms with van der Waals surface area (Å²) in [5.74, 6) is 0.374. The molecule has 0 bridgehead atoms. The van der Waals surface area contributed by atoms with E-state index in [0.29, 0.717) is 52.1 Å². The second-order valence-corrected chi connectivity index (χ2v) is 14.3. The van der Waals surface area contributed by atoms with Crippen LogP contribution in [-0.4, -0.2) is 111 Å². The normalized spacial score (nSPS) is 20.3. The standard InChI is InChI=1S/C41H67NO10/c1-10-16-45-26-40(27-46-17-11-2,28-47-18-12-3)32-51-37(43)23-36-22-34(7)35(8)39(9,24-36)25-42-38(44)52-33-41(29-48-19-13-4,30-49-20-14-5)31-50-21-15-6/h10-15,34-36H,1-6,16-33H2,7-9H3,(H,42,44). The summed E-state index contributed by atoms with van der Waals surface area (Å²) in [4.78, 5) is 26.5. The fraction of sp³-hybridized carbons (Fsp3) is 0.659. The third kappa shape index (κ3) is 18.1. The molecule has 0 aromatic rings. The Morgan fingerprint density at radius 3 is 1.37 bits per heavy atom. The highest BCUT2D eigenvalue weighted by molar-refractivity contribution is 5.69. The first kappa shape index (κ1) is 47.0. The molecule has 4 unspecified atom stereocenters. The fourth-order valence-electron chi connectivity index (χ4n) is 6.46. The topological polar surface area (TPSA) is 120 Å². The molecule has 0 heterocycles. The minimum Gasteiger partial charge on any atom is -0.465 e. The first-order valence-electron chi connectivity index (χ1n) is 18.2. The van der Waals surface area contributed by atoms with Crippen molar-refractivity contribution in [1.29, 1.82) is 0 Å². The van der Waals surface area contributed by atoms with Gasteiger partial charge in [-0.1, -0.05) is 57.2 Å². The van der Waals surface area contributed by atoms with Gasteiger partial charge in [0, 0.05) is 13.0 Å². The van der Waals surface area contributed by atoms with Crippen molar-refractivity contribution in [2.75, 3.05) is 99.0 Å². The molecule has 1 aliphatic carbocycles. The molecular formula is C41H67NO10. The fourth-order valence-corrected chi connectivity index (χ4v) is 6.46. The van der Waals surface area contributed by atoms with Gasteiger partial charge in [-0.25, -0.2) is 4.79 Å². The Hall–Kier alpha value is -3.06. The molecule has 1 saturated carbocycles. The molecule has 0 radical (unpaired) electrons. The highest BCUT2D eigenvalue weighted by atomic mass is 16.6. The van der Waals surface area contributed by atoms with Crippen molar-refractivity contribution >= 4 is 12.1 Å². The summed E-state index contributed by atoms with van der Waals surface area (Å²) in [6.07, 6.45) is 11.3. The summed E-state index contributed by atoms with van der Waals surface area (Å²) in [5.41, 5.74) is -1.76. The molecule has 296 valence electrons. The molecule has 0 spiro atoms. The summed E-state index contributed by atoms with van der Waals surface area (Å²) >= 11 is 0. The molecule has 52 heavy (non-hydrogen) atoms. The Bertz CT molecular complexity index is 1020. The van der Waals surface area contributed by atoms with Crippen LogP contribution in [0.3, 0.4) is 0 Å². The Balaban J connectivity index is 2.94. The van der Waals surface area contributed by atoms with E-state index in [1.807, 2.05) is 0 Å². The second-order valence-electron chi connectivity index (χ2n) is 14.3. The van der Waals surface area contributed by atoms with E-state index in [0.717, 1.165) is 12.8 Å². The van der Waals surface area contributed by atoms with E-state index in [-0.39, 0.29) is 82.5 Å². The van der Waals surface area contributed by atoms with Gasteiger partial charge < -0.3 is 43.2 Å². The number of hydrogen-bond donors (Lipinski definition) is 1. The van der Waals surface area contributed by atoms with Crippen molar-refractivity contribution < 1.29 is 47.5 Å². The van der Waals surface area contributed by atoms with Gasteiger partial charge in [0.15, 0.2) is 0 Å². The number of rotatable bonds is 32. The van der Waals surface area contributed by atoms with E-state index in [2.05, 4.69) is 65.6 Å². The Kier molecular flexibility index (Phi) is 24.1. The minimum atomic E-state index is -0.751. The van der Waals surface area contributed by atoms with Crippen molar-refractivity contribution in [3.63, 3.8) is 0 Å². The lowest BCUT2D eigenvalue weighted by molar-refractivity contribution is -0.156. The summed E-state index contributed by atoms with van der Waals surface area (Å²) in [7, 11) is 0. The third-order valence-electron chi connectivity index (χ3n) is 9.42. The lowest BCUT2D eigenvalue weighted by atomic mass is 9.60. The maximum Gasteiger partial charge on any atom is 0.407 e. The number of carbonyl (C=O) groups is 2. The first-order valence-corrected chi connectivity index (χ1v) is 18.2. The predicted molar refractivity (Wildman–Crippen MR) is 205 cm³/mol. The number of hydrogen-bond acceptors (Lipinski definition) is 10. The maximum absolute atomic E-state index is 13.3. The molecule has 0 aliphatic heterocycles. The Morgan fingerprint density at radius 2 is 1.00 bits per heavy atom. The number of amides is 1.